The molecule has 1 heterocycles. The second kappa shape index (κ2) is 19.1. The highest BCUT2D eigenvalue weighted by Crippen LogP contribution is 2.37. The zero-order valence-corrected chi connectivity index (χ0v) is 36.0. The first-order valence-electron chi connectivity index (χ1n) is 15.8. The van der Waals surface area contributed by atoms with Crippen LogP contribution in [0.2, 0.25) is 0 Å². The van der Waals surface area contributed by atoms with Crippen molar-refractivity contribution in [3.63, 3.8) is 0 Å². The molecule has 0 unspecified atom stereocenters. The van der Waals surface area contributed by atoms with Crippen molar-refractivity contribution in [2.45, 2.75) is 13.8 Å². The lowest BCUT2D eigenvalue weighted by Crippen LogP contribution is -2.13. The number of carbonyl (C=O) groups excluding carboxylic acids is 2. The van der Waals surface area contributed by atoms with Crippen LogP contribution < -0.4 is 29.6 Å². The minimum absolute atomic E-state index is 0.0877. The molecule has 7 N–H and O–H groups in total. The molecule has 0 atom stereocenters. The Morgan fingerprint density at radius 2 is 1.05 bits per heavy atom. The van der Waals surface area contributed by atoms with Crippen LogP contribution in [0.1, 0.15) is 42.2 Å². The second-order valence-electron chi connectivity index (χ2n) is 11.5. The number of nitrogens with one attached hydrogen (secondary N) is 2. The summed E-state index contributed by atoms with van der Waals surface area (Å²) in [7, 11) is 3.09. The summed E-state index contributed by atoms with van der Waals surface area (Å²) < 4.78 is 22.7. The fourth-order valence-electron chi connectivity index (χ4n) is 4.82. The van der Waals surface area contributed by atoms with Gasteiger partial charge >= 0.3 is 5.97 Å². The molecule has 2 amide bonds. The van der Waals surface area contributed by atoms with Crippen LogP contribution in [0.25, 0.3) is 0 Å². The predicted molar refractivity (Wildman–Crippen MR) is 221 cm³/mol. The SMILES string of the molecule is COc1cc(C(=O)Nc2ccc3c(c2)OCO3)c(Br)cc1C.COc1cc(C(=O)O)c(Br)cc1C.O=C(Nc1cc(O)c(O)cc1Br)c1cc(O)c(O)cc1Br. The van der Waals surface area contributed by atoms with Crippen LogP contribution in [-0.4, -0.2) is 64.3 Å². The Bertz CT molecular complexity index is 2320. The zero-order chi connectivity index (χ0) is 41.4. The number of halogens is 4. The molecule has 1 aliphatic heterocycles. The van der Waals surface area contributed by atoms with E-state index in [2.05, 4.69) is 74.4 Å². The van der Waals surface area contributed by atoms with Crippen molar-refractivity contribution < 1.29 is 58.9 Å². The quantitative estimate of drug-likeness (QED) is 0.0600. The molecule has 14 nitrogen and oxygen atoms in total. The molecule has 0 saturated carbocycles. The molecular weight excluding hydrogens is 996 g/mol. The van der Waals surface area contributed by atoms with Gasteiger partial charge < -0.3 is 55.1 Å². The molecule has 0 aliphatic carbocycles. The molecule has 0 fully saturated rings. The maximum absolute atomic E-state index is 12.4. The van der Waals surface area contributed by atoms with Gasteiger partial charge in [0.15, 0.2) is 34.5 Å². The van der Waals surface area contributed by atoms with Gasteiger partial charge in [0.25, 0.3) is 11.8 Å². The number of hydrogen-bond acceptors (Lipinski definition) is 11. The number of methoxy groups -OCH3 is 2. The molecule has 0 aromatic heterocycles. The summed E-state index contributed by atoms with van der Waals surface area (Å²) in [5.74, 6) is -0.742. The third-order valence-electron chi connectivity index (χ3n) is 7.70. The van der Waals surface area contributed by atoms with E-state index in [1.807, 2.05) is 19.9 Å². The number of aromatic hydroxyl groups is 4. The van der Waals surface area contributed by atoms with Crippen LogP contribution in [0.5, 0.6) is 46.0 Å². The summed E-state index contributed by atoms with van der Waals surface area (Å²) >= 11 is 12.8. The van der Waals surface area contributed by atoms with E-state index in [4.69, 9.17) is 24.1 Å². The second-order valence-corrected chi connectivity index (χ2v) is 14.9. The van der Waals surface area contributed by atoms with E-state index in [9.17, 15) is 34.8 Å². The molecule has 0 radical (unpaired) electrons. The molecule has 5 aromatic carbocycles. The molecule has 5 aromatic rings. The number of phenolic OH excluding ortho intramolecular Hbond substituents is 4. The van der Waals surface area contributed by atoms with Crippen LogP contribution >= 0.6 is 63.7 Å². The van der Waals surface area contributed by atoms with Crippen LogP contribution in [0.4, 0.5) is 11.4 Å². The Kier molecular flexibility index (Phi) is 14.9. The average molecular weight is 1030 g/mol. The molecule has 56 heavy (non-hydrogen) atoms. The number of phenols is 4. The van der Waals surface area contributed by atoms with Gasteiger partial charge in [-0.3, -0.25) is 9.59 Å². The number of carboxylic acid groups (broad SMARTS) is 1. The lowest BCUT2D eigenvalue weighted by Gasteiger charge is -2.11. The summed E-state index contributed by atoms with van der Waals surface area (Å²) in [6, 6.07) is 16.8. The molecular formula is C38H32Br4N2O12. The van der Waals surface area contributed by atoms with Gasteiger partial charge in [0, 0.05) is 41.8 Å². The maximum Gasteiger partial charge on any atom is 0.336 e. The monoisotopic (exact) mass is 1020 g/mol. The van der Waals surface area contributed by atoms with Gasteiger partial charge in [0.1, 0.15) is 11.5 Å². The molecule has 1 aliphatic rings. The highest BCUT2D eigenvalue weighted by atomic mass is 79.9. The lowest BCUT2D eigenvalue weighted by atomic mass is 10.1. The normalized spacial score (nSPS) is 10.9. The number of aromatic carboxylic acids is 1. The number of amides is 2. The first-order chi connectivity index (χ1) is 26.4. The van der Waals surface area contributed by atoms with Crippen molar-refractivity contribution in [1.82, 2.24) is 0 Å². The third-order valence-corrected chi connectivity index (χ3v) is 10.3. The third kappa shape index (κ3) is 10.8. The highest BCUT2D eigenvalue weighted by molar-refractivity contribution is 9.11. The fraction of sp³-hybridized carbons (Fsp3) is 0.132. The van der Waals surface area contributed by atoms with Gasteiger partial charge in [-0.1, -0.05) is 0 Å². The average Bonchev–Trinajstić information content (AvgIpc) is 3.61. The standard InChI is InChI=1S/C16H14BrNO4.C13H9Br2NO5.C9H9BrO3/c1-9-5-12(17)11(7-14(9)20-2)16(19)18-10-3-4-13-15(6-10)22-8-21-13;14-6-2-10(18)9(17)1-5(6)13(21)16-8-4-12(20)11(19)3-7(8)15;1-5-3-7(10)6(9(11)12)4-8(5)13-2/h3-7H,8H2,1-2H3,(H,18,19);1-4,17-20H,(H,16,21);3-4H,1-2H3,(H,11,12). The van der Waals surface area contributed by atoms with Crippen molar-refractivity contribution in [1.29, 1.82) is 0 Å². The van der Waals surface area contributed by atoms with Gasteiger partial charge in [-0.2, -0.15) is 0 Å². The molecule has 0 bridgehead atoms. The summed E-state index contributed by atoms with van der Waals surface area (Å²) in [4.78, 5) is 35.3. The van der Waals surface area contributed by atoms with Crippen molar-refractivity contribution in [3.05, 3.63) is 112 Å². The van der Waals surface area contributed by atoms with Gasteiger partial charge in [0.2, 0.25) is 6.79 Å². The maximum atomic E-state index is 12.4. The van der Waals surface area contributed by atoms with Gasteiger partial charge in [-0.05, 0) is 137 Å². The zero-order valence-electron chi connectivity index (χ0n) is 29.7. The Hall–Kier alpha value is -5.17. The van der Waals surface area contributed by atoms with Crippen molar-refractivity contribution in [2.24, 2.45) is 0 Å². The minimum atomic E-state index is -0.967. The van der Waals surface area contributed by atoms with Crippen LogP contribution in [0, 0.1) is 13.8 Å². The Balaban J connectivity index is 0.000000193. The van der Waals surface area contributed by atoms with Gasteiger partial charge in [-0.15, -0.1) is 0 Å². The predicted octanol–water partition coefficient (Wildman–Crippen LogP) is 9.50. The van der Waals surface area contributed by atoms with E-state index < -0.39 is 17.6 Å². The number of carboxylic acids is 1. The summed E-state index contributed by atoms with van der Waals surface area (Å²) in [5.41, 5.74) is 3.52. The first kappa shape index (κ1) is 43.6. The fourth-order valence-corrected chi connectivity index (χ4v) is 7.03. The van der Waals surface area contributed by atoms with Crippen LogP contribution in [-0.2, 0) is 0 Å². The van der Waals surface area contributed by atoms with Crippen LogP contribution in [0.3, 0.4) is 0 Å². The largest absolute Gasteiger partial charge is 0.504 e. The number of aryl methyl sites for hydroxylation is 2. The molecule has 0 saturated heterocycles. The van der Waals surface area contributed by atoms with Crippen LogP contribution in [0.15, 0.2) is 84.6 Å². The molecule has 294 valence electrons. The van der Waals surface area contributed by atoms with Crippen molar-refractivity contribution in [2.75, 3.05) is 31.6 Å². The van der Waals surface area contributed by atoms with Crippen molar-refractivity contribution in [3.8, 4) is 46.0 Å². The Labute approximate surface area is 353 Å². The van der Waals surface area contributed by atoms with E-state index in [1.54, 1.807) is 37.4 Å². The first-order valence-corrected chi connectivity index (χ1v) is 19.0. The highest BCUT2D eigenvalue weighted by Gasteiger charge is 2.19. The number of rotatable bonds is 7. The number of anilines is 2. The molecule has 0 spiro atoms. The number of fused-ring (bicyclic) bond motifs is 1. The summed E-state index contributed by atoms with van der Waals surface area (Å²) in [6.07, 6.45) is 0. The van der Waals surface area contributed by atoms with E-state index >= 15 is 0 Å². The topological polar surface area (TPSA) is 213 Å². The number of ether oxygens (including phenoxy) is 4. The number of carbonyl (C=O) groups is 3. The number of hydrogen-bond donors (Lipinski definition) is 7. The smallest absolute Gasteiger partial charge is 0.336 e. The Morgan fingerprint density at radius 1 is 0.589 bits per heavy atom. The minimum Gasteiger partial charge on any atom is -0.504 e. The summed E-state index contributed by atoms with van der Waals surface area (Å²) in [6.45, 7) is 3.98. The summed E-state index contributed by atoms with van der Waals surface area (Å²) in [5, 5.41) is 51.7. The Morgan fingerprint density at radius 3 is 1.64 bits per heavy atom. The number of benzene rings is 5. The molecule has 18 heteroatoms. The van der Waals surface area contributed by atoms with E-state index in [0.29, 0.717) is 47.7 Å². The van der Waals surface area contributed by atoms with Gasteiger partial charge in [-0.25, -0.2) is 4.79 Å². The van der Waals surface area contributed by atoms with E-state index in [-0.39, 0.29) is 51.2 Å². The molecule has 6 rings (SSSR count). The van der Waals surface area contributed by atoms with E-state index in [0.717, 1.165) is 17.2 Å². The lowest BCUT2D eigenvalue weighted by molar-refractivity contribution is 0.0695. The van der Waals surface area contributed by atoms with Crippen molar-refractivity contribution >= 4 is 92.9 Å². The van der Waals surface area contributed by atoms with Gasteiger partial charge in [0.05, 0.1) is 36.6 Å². The van der Waals surface area contributed by atoms with E-state index in [1.165, 1.54) is 31.4 Å².